The van der Waals surface area contributed by atoms with Gasteiger partial charge in [0.1, 0.15) is 6.42 Å². The molecule has 2 amide bonds. The summed E-state index contributed by atoms with van der Waals surface area (Å²) in [5, 5.41) is 6.48. The summed E-state index contributed by atoms with van der Waals surface area (Å²) in [5.41, 5.74) is 4.93. The molecule has 0 atom stereocenters. The lowest BCUT2D eigenvalue weighted by Gasteiger charge is -2.04. The van der Waals surface area contributed by atoms with Crippen LogP contribution in [0, 0.1) is 6.92 Å². The molecule has 23 heavy (non-hydrogen) atoms. The van der Waals surface area contributed by atoms with Gasteiger partial charge in [-0.3, -0.25) is 9.59 Å². The van der Waals surface area contributed by atoms with Crippen molar-refractivity contribution in [2.75, 3.05) is 5.32 Å². The zero-order chi connectivity index (χ0) is 16.7. The minimum absolute atomic E-state index is 0.286. The van der Waals surface area contributed by atoms with Gasteiger partial charge in [0, 0.05) is 10.2 Å². The van der Waals surface area contributed by atoms with Gasteiger partial charge in [0.15, 0.2) is 0 Å². The van der Waals surface area contributed by atoms with E-state index >= 15 is 0 Å². The maximum Gasteiger partial charge on any atom is 0.249 e. The van der Waals surface area contributed by atoms with Crippen LogP contribution in [0.1, 0.15) is 17.5 Å². The van der Waals surface area contributed by atoms with Gasteiger partial charge >= 0.3 is 0 Å². The molecule has 2 rings (SSSR count). The number of amides is 2. The lowest BCUT2D eigenvalue weighted by Crippen LogP contribution is -2.24. The largest absolute Gasteiger partial charge is 0.326 e. The normalized spacial score (nSPS) is 10.5. The Balaban J connectivity index is 1.78. The summed E-state index contributed by atoms with van der Waals surface area (Å²) >= 11 is 3.34. The van der Waals surface area contributed by atoms with Crippen LogP contribution in [-0.2, 0) is 9.59 Å². The Morgan fingerprint density at radius 3 is 2.35 bits per heavy atom. The summed E-state index contributed by atoms with van der Waals surface area (Å²) in [4.78, 5) is 23.4. The van der Waals surface area contributed by atoms with Gasteiger partial charge in [-0.15, -0.1) is 0 Å². The number of nitrogens with one attached hydrogen (secondary N) is 2. The average molecular weight is 374 g/mol. The third kappa shape index (κ3) is 6.04. The van der Waals surface area contributed by atoms with Gasteiger partial charge in [0.2, 0.25) is 11.8 Å². The van der Waals surface area contributed by atoms with E-state index in [1.807, 2.05) is 43.3 Å². The number of rotatable bonds is 5. The average Bonchev–Trinajstić information content (AvgIpc) is 2.51. The van der Waals surface area contributed by atoms with Crippen LogP contribution in [0.2, 0.25) is 0 Å². The van der Waals surface area contributed by atoms with Crippen LogP contribution in [0.4, 0.5) is 5.69 Å². The molecule has 0 aromatic heterocycles. The fourth-order valence-corrected chi connectivity index (χ4v) is 2.02. The molecule has 118 valence electrons. The molecule has 0 aliphatic rings. The van der Waals surface area contributed by atoms with Crippen LogP contribution in [-0.4, -0.2) is 18.0 Å². The maximum absolute atomic E-state index is 11.7. The number of hydrogen-bond donors (Lipinski definition) is 2. The minimum atomic E-state index is -0.469. The first-order chi connectivity index (χ1) is 11.0. The third-order valence-corrected chi connectivity index (χ3v) is 3.46. The highest BCUT2D eigenvalue weighted by Crippen LogP contribution is 2.09. The van der Waals surface area contributed by atoms with Crippen LogP contribution >= 0.6 is 15.9 Å². The van der Waals surface area contributed by atoms with Crippen molar-refractivity contribution in [2.24, 2.45) is 5.10 Å². The molecule has 0 unspecified atom stereocenters. The number of halogens is 1. The van der Waals surface area contributed by atoms with Gasteiger partial charge in [-0.2, -0.15) is 5.10 Å². The van der Waals surface area contributed by atoms with E-state index in [1.165, 1.54) is 6.21 Å². The molecule has 2 aromatic carbocycles. The molecule has 0 spiro atoms. The first-order valence-electron chi connectivity index (χ1n) is 6.97. The molecule has 0 heterocycles. The highest BCUT2D eigenvalue weighted by atomic mass is 79.9. The Morgan fingerprint density at radius 2 is 1.70 bits per heavy atom. The summed E-state index contributed by atoms with van der Waals surface area (Å²) in [6.07, 6.45) is 1.23. The maximum atomic E-state index is 11.7. The molecule has 0 fully saturated rings. The van der Waals surface area contributed by atoms with Crippen molar-refractivity contribution < 1.29 is 9.59 Å². The molecule has 0 saturated carbocycles. The van der Waals surface area contributed by atoms with E-state index in [1.54, 1.807) is 12.1 Å². The fourth-order valence-electron chi connectivity index (χ4n) is 1.76. The van der Waals surface area contributed by atoms with E-state index in [2.05, 4.69) is 31.8 Å². The van der Waals surface area contributed by atoms with Crippen molar-refractivity contribution in [3.63, 3.8) is 0 Å². The van der Waals surface area contributed by atoms with Crippen LogP contribution in [0.5, 0.6) is 0 Å². The number of carbonyl (C=O) groups excluding carboxylic acids is 2. The molecular weight excluding hydrogens is 358 g/mol. The monoisotopic (exact) mass is 373 g/mol. The summed E-state index contributed by atoms with van der Waals surface area (Å²) in [7, 11) is 0. The summed E-state index contributed by atoms with van der Waals surface area (Å²) in [5.74, 6) is -0.854. The van der Waals surface area contributed by atoms with E-state index in [0.29, 0.717) is 5.69 Å². The van der Waals surface area contributed by atoms with E-state index in [0.717, 1.165) is 15.6 Å². The highest BCUT2D eigenvalue weighted by molar-refractivity contribution is 9.10. The van der Waals surface area contributed by atoms with Crippen LogP contribution in [0.25, 0.3) is 0 Å². The van der Waals surface area contributed by atoms with Crippen molar-refractivity contribution in [3.8, 4) is 0 Å². The van der Waals surface area contributed by atoms with Crippen molar-refractivity contribution in [1.29, 1.82) is 0 Å². The zero-order valence-corrected chi connectivity index (χ0v) is 14.1. The molecule has 6 heteroatoms. The quantitative estimate of drug-likeness (QED) is 0.479. The SMILES string of the molecule is Cc1ccc(NC(=O)CC(=O)NN=Cc2ccc(Br)cc2)cc1. The first-order valence-corrected chi connectivity index (χ1v) is 7.76. The van der Waals surface area contributed by atoms with Gasteiger partial charge in [0.25, 0.3) is 0 Å². The van der Waals surface area contributed by atoms with Crippen LogP contribution in [0.3, 0.4) is 0 Å². The van der Waals surface area contributed by atoms with Crippen molar-refractivity contribution in [1.82, 2.24) is 5.43 Å². The standard InChI is InChI=1S/C17H16BrN3O2/c1-12-2-8-15(9-3-12)20-16(22)10-17(23)21-19-11-13-4-6-14(18)7-5-13/h2-9,11H,10H2,1H3,(H,20,22)(H,21,23). The van der Waals surface area contributed by atoms with Crippen LogP contribution in [0.15, 0.2) is 58.1 Å². The van der Waals surface area contributed by atoms with Gasteiger partial charge in [-0.05, 0) is 36.8 Å². The number of anilines is 1. The summed E-state index contributed by atoms with van der Waals surface area (Å²) in [6.45, 7) is 1.96. The first kappa shape index (κ1) is 16.9. The summed E-state index contributed by atoms with van der Waals surface area (Å²) in [6, 6.07) is 14.8. The molecular formula is C17H16BrN3O2. The molecule has 0 radical (unpaired) electrons. The van der Waals surface area contributed by atoms with E-state index < -0.39 is 5.91 Å². The number of hydrazone groups is 1. The molecule has 0 bridgehead atoms. The molecule has 2 aromatic rings. The second-order valence-corrected chi connectivity index (χ2v) is 5.85. The Kier molecular flexibility index (Phi) is 6.05. The number of nitrogens with zero attached hydrogens (tertiary/aromatic N) is 1. The molecule has 0 aliphatic carbocycles. The lowest BCUT2D eigenvalue weighted by molar-refractivity contribution is -0.126. The van der Waals surface area contributed by atoms with E-state index in [-0.39, 0.29) is 12.3 Å². The van der Waals surface area contributed by atoms with Crippen molar-refractivity contribution in [2.45, 2.75) is 13.3 Å². The Morgan fingerprint density at radius 1 is 1.04 bits per heavy atom. The number of aryl methyl sites for hydroxylation is 1. The predicted molar refractivity (Wildman–Crippen MR) is 94.3 cm³/mol. The highest BCUT2D eigenvalue weighted by Gasteiger charge is 2.08. The molecule has 0 aliphatic heterocycles. The van der Waals surface area contributed by atoms with Gasteiger partial charge < -0.3 is 5.32 Å². The lowest BCUT2D eigenvalue weighted by atomic mass is 10.2. The predicted octanol–water partition coefficient (Wildman–Crippen LogP) is 3.24. The van der Waals surface area contributed by atoms with E-state index in [4.69, 9.17) is 0 Å². The zero-order valence-electron chi connectivity index (χ0n) is 12.5. The van der Waals surface area contributed by atoms with E-state index in [9.17, 15) is 9.59 Å². The van der Waals surface area contributed by atoms with Crippen molar-refractivity contribution >= 4 is 39.6 Å². The second kappa shape index (κ2) is 8.24. The third-order valence-electron chi connectivity index (χ3n) is 2.93. The number of benzene rings is 2. The summed E-state index contributed by atoms with van der Waals surface area (Å²) < 4.78 is 0.964. The van der Waals surface area contributed by atoms with Gasteiger partial charge in [-0.25, -0.2) is 5.43 Å². The number of carbonyl (C=O) groups is 2. The Labute approximate surface area is 142 Å². The van der Waals surface area contributed by atoms with Crippen LogP contribution < -0.4 is 10.7 Å². The van der Waals surface area contributed by atoms with Crippen molar-refractivity contribution in [3.05, 3.63) is 64.1 Å². The Hall–Kier alpha value is -2.47. The second-order valence-electron chi connectivity index (χ2n) is 4.94. The minimum Gasteiger partial charge on any atom is -0.326 e. The Bertz CT molecular complexity index is 710. The molecule has 2 N–H and O–H groups in total. The van der Waals surface area contributed by atoms with Gasteiger partial charge in [-0.1, -0.05) is 45.8 Å². The molecule has 5 nitrogen and oxygen atoms in total. The van der Waals surface area contributed by atoms with Gasteiger partial charge in [0.05, 0.1) is 6.21 Å². The smallest absolute Gasteiger partial charge is 0.249 e. The molecule has 0 saturated heterocycles. The number of hydrogen-bond acceptors (Lipinski definition) is 3. The topological polar surface area (TPSA) is 70.6 Å². The fraction of sp³-hybridized carbons (Fsp3) is 0.118.